The maximum atomic E-state index is 12.4. The molecule has 1 aromatic carbocycles. The van der Waals surface area contributed by atoms with Crippen molar-refractivity contribution < 1.29 is 19.2 Å². The summed E-state index contributed by atoms with van der Waals surface area (Å²) in [5, 5.41) is 5.31. The Kier molecular flexibility index (Phi) is 4.69. The first kappa shape index (κ1) is 19.0. The van der Waals surface area contributed by atoms with Crippen molar-refractivity contribution in [3.63, 3.8) is 0 Å². The Morgan fingerprint density at radius 1 is 0.846 bits per heavy atom. The summed E-state index contributed by atoms with van der Waals surface area (Å²) in [6.45, 7) is 7.57. The molecule has 1 aromatic rings. The Morgan fingerprint density at radius 2 is 1.23 bits per heavy atom. The van der Waals surface area contributed by atoms with Gasteiger partial charge in [0.2, 0.25) is 10.2 Å². The largest absolute Gasteiger partial charge is 0.340 e. The normalized spacial score (nSPS) is 25.7. The van der Waals surface area contributed by atoms with Crippen LogP contribution in [0.5, 0.6) is 0 Å². The van der Waals surface area contributed by atoms with Gasteiger partial charge in [-0.3, -0.25) is 19.2 Å². The van der Waals surface area contributed by atoms with E-state index in [0.29, 0.717) is 11.1 Å². The van der Waals surface area contributed by atoms with Gasteiger partial charge < -0.3 is 10.6 Å². The van der Waals surface area contributed by atoms with Crippen LogP contribution < -0.4 is 10.6 Å². The van der Waals surface area contributed by atoms with Gasteiger partial charge in [-0.1, -0.05) is 29.6 Å². The van der Waals surface area contributed by atoms with Crippen LogP contribution in [0.2, 0.25) is 0 Å². The van der Waals surface area contributed by atoms with Crippen LogP contribution in [0.1, 0.15) is 48.4 Å². The Labute approximate surface area is 160 Å². The van der Waals surface area contributed by atoms with E-state index in [-0.39, 0.29) is 19.7 Å². The van der Waals surface area contributed by atoms with Crippen molar-refractivity contribution in [3.05, 3.63) is 35.4 Å². The second-order valence-electron chi connectivity index (χ2n) is 7.44. The molecular weight excluding hydrogens is 372 g/mol. The third-order valence-electron chi connectivity index (χ3n) is 4.53. The molecule has 0 aliphatic carbocycles. The highest BCUT2D eigenvalue weighted by atomic mass is 32.2. The molecule has 0 bridgehead atoms. The summed E-state index contributed by atoms with van der Waals surface area (Å²) < 4.78 is -0.675. The fourth-order valence-corrected chi connectivity index (χ4v) is 5.08. The van der Waals surface area contributed by atoms with Crippen LogP contribution >= 0.6 is 23.5 Å². The first-order chi connectivity index (χ1) is 12.0. The molecule has 0 radical (unpaired) electrons. The van der Waals surface area contributed by atoms with Gasteiger partial charge in [0, 0.05) is 20.6 Å². The van der Waals surface area contributed by atoms with E-state index in [4.69, 9.17) is 0 Å². The topological polar surface area (TPSA) is 92.3 Å². The van der Waals surface area contributed by atoms with Crippen LogP contribution in [0.15, 0.2) is 24.3 Å². The molecule has 2 amide bonds. The number of nitrogens with one attached hydrogen (secondary N) is 2. The molecule has 138 valence electrons. The number of rotatable bonds is 4. The maximum Gasteiger partial charge on any atom is 0.251 e. The molecule has 2 heterocycles. The minimum Gasteiger partial charge on any atom is -0.340 e. The number of amides is 2. The lowest BCUT2D eigenvalue weighted by atomic mass is 10.0. The molecule has 2 N–H and O–H groups in total. The minimum absolute atomic E-state index is 0.0690. The molecule has 2 aliphatic heterocycles. The van der Waals surface area contributed by atoms with E-state index >= 15 is 0 Å². The van der Waals surface area contributed by atoms with Crippen LogP contribution in [0.3, 0.4) is 0 Å². The molecule has 8 heteroatoms. The molecule has 2 saturated heterocycles. The Balaban J connectivity index is 1.70. The maximum absolute atomic E-state index is 12.4. The number of hydrogen-bond acceptors (Lipinski definition) is 6. The van der Waals surface area contributed by atoms with Gasteiger partial charge in [-0.25, -0.2) is 0 Å². The summed E-state index contributed by atoms with van der Waals surface area (Å²) >= 11 is 2.41. The molecule has 26 heavy (non-hydrogen) atoms. The van der Waals surface area contributed by atoms with Crippen molar-refractivity contribution in [2.75, 3.05) is 0 Å². The molecule has 0 saturated carbocycles. The molecular formula is C18H20N2O4S2. The molecule has 0 aromatic heterocycles. The first-order valence-corrected chi connectivity index (χ1v) is 9.82. The number of carbonyl (C=O) groups excluding carboxylic acids is 4. The van der Waals surface area contributed by atoms with E-state index in [0.717, 1.165) is 0 Å². The van der Waals surface area contributed by atoms with Crippen LogP contribution in [-0.4, -0.2) is 43.6 Å². The fraction of sp³-hybridized carbons (Fsp3) is 0.444. The zero-order valence-corrected chi connectivity index (χ0v) is 16.5. The minimum atomic E-state index is -0.539. The van der Waals surface area contributed by atoms with Crippen molar-refractivity contribution in [2.24, 2.45) is 0 Å². The highest BCUT2D eigenvalue weighted by molar-refractivity contribution is 8.17. The molecule has 3 rings (SSSR count). The van der Waals surface area contributed by atoms with E-state index in [9.17, 15) is 19.2 Å². The van der Waals surface area contributed by atoms with Crippen molar-refractivity contribution in [1.29, 1.82) is 0 Å². The van der Waals surface area contributed by atoms with Gasteiger partial charge in [0.1, 0.15) is 12.1 Å². The molecule has 2 atom stereocenters. The van der Waals surface area contributed by atoms with E-state index in [1.807, 2.05) is 27.7 Å². The Bertz CT molecular complexity index is 756. The van der Waals surface area contributed by atoms with Crippen molar-refractivity contribution >= 4 is 45.6 Å². The molecule has 2 unspecified atom stereocenters. The van der Waals surface area contributed by atoms with Crippen LogP contribution in [-0.2, 0) is 9.59 Å². The predicted octanol–water partition coefficient (Wildman–Crippen LogP) is 1.99. The monoisotopic (exact) mass is 392 g/mol. The zero-order chi connectivity index (χ0) is 19.3. The average molecular weight is 393 g/mol. The summed E-state index contributed by atoms with van der Waals surface area (Å²) in [6, 6.07) is 5.17. The lowest BCUT2D eigenvalue weighted by molar-refractivity contribution is -0.115. The zero-order valence-electron chi connectivity index (χ0n) is 14.9. The summed E-state index contributed by atoms with van der Waals surface area (Å²) in [5.41, 5.74) is 0.596. The van der Waals surface area contributed by atoms with Gasteiger partial charge in [0.15, 0.2) is 0 Å². The molecule has 6 nitrogen and oxygen atoms in total. The van der Waals surface area contributed by atoms with Crippen LogP contribution in [0.25, 0.3) is 0 Å². The molecule has 2 aliphatic rings. The first-order valence-electron chi connectivity index (χ1n) is 8.19. The number of thioether (sulfide) groups is 2. The SMILES string of the molecule is CC1(C)SC(=O)C1NC(=O)c1cccc(C(=O)NC2C(=O)SC2(C)C)c1. The lowest BCUT2D eigenvalue weighted by Crippen LogP contribution is -2.60. The third kappa shape index (κ3) is 3.40. The lowest BCUT2D eigenvalue weighted by Gasteiger charge is -2.41. The standard InChI is InChI=1S/C18H20N2O4S2/c1-17(2)11(15(23)25-17)19-13(21)9-6-5-7-10(8-9)14(22)20-12-16(24)26-18(12,3)4/h5-8,11-12H,1-4H3,(H,19,21)(H,20,22). The van der Waals surface area contributed by atoms with Crippen molar-refractivity contribution in [1.82, 2.24) is 10.6 Å². The second kappa shape index (κ2) is 6.42. The Morgan fingerprint density at radius 3 is 1.54 bits per heavy atom. The van der Waals surface area contributed by atoms with E-state index in [2.05, 4.69) is 10.6 Å². The quantitative estimate of drug-likeness (QED) is 0.814. The predicted molar refractivity (Wildman–Crippen MR) is 102 cm³/mol. The van der Waals surface area contributed by atoms with Crippen molar-refractivity contribution in [3.8, 4) is 0 Å². The summed E-state index contributed by atoms with van der Waals surface area (Å²) in [7, 11) is 0. The van der Waals surface area contributed by atoms with Gasteiger partial charge >= 0.3 is 0 Å². The third-order valence-corrected chi connectivity index (χ3v) is 6.92. The van der Waals surface area contributed by atoms with Gasteiger partial charge in [0.05, 0.1) is 0 Å². The summed E-state index contributed by atoms with van der Waals surface area (Å²) in [6.07, 6.45) is 0. The van der Waals surface area contributed by atoms with Crippen LogP contribution in [0, 0.1) is 0 Å². The highest BCUT2D eigenvalue weighted by Gasteiger charge is 2.49. The molecule has 2 fully saturated rings. The van der Waals surface area contributed by atoms with Gasteiger partial charge in [-0.2, -0.15) is 0 Å². The van der Waals surface area contributed by atoms with Gasteiger partial charge in [-0.15, -0.1) is 0 Å². The summed E-state index contributed by atoms with van der Waals surface area (Å²) in [4.78, 5) is 48.3. The number of carbonyl (C=O) groups is 4. The van der Waals surface area contributed by atoms with Gasteiger partial charge in [-0.05, 0) is 45.9 Å². The molecule has 0 spiro atoms. The summed E-state index contributed by atoms with van der Waals surface area (Å²) in [5.74, 6) is -0.802. The van der Waals surface area contributed by atoms with E-state index in [1.165, 1.54) is 29.6 Å². The van der Waals surface area contributed by atoms with E-state index < -0.39 is 23.9 Å². The van der Waals surface area contributed by atoms with Crippen LogP contribution in [0.4, 0.5) is 0 Å². The van der Waals surface area contributed by atoms with E-state index in [1.54, 1.807) is 18.2 Å². The fourth-order valence-electron chi connectivity index (χ4n) is 2.90. The highest BCUT2D eigenvalue weighted by Crippen LogP contribution is 2.42. The number of hydrogen-bond donors (Lipinski definition) is 2. The van der Waals surface area contributed by atoms with Crippen molar-refractivity contribution in [2.45, 2.75) is 49.3 Å². The second-order valence-corrected chi connectivity index (χ2v) is 10.8. The smallest absolute Gasteiger partial charge is 0.251 e. The number of benzene rings is 1. The Hall–Kier alpha value is -1.80. The van der Waals surface area contributed by atoms with Gasteiger partial charge in [0.25, 0.3) is 11.8 Å². The average Bonchev–Trinajstić information content (AvgIpc) is 2.56.